The number of halogens is 1. The minimum absolute atomic E-state index is 0.00729. The first-order valence-corrected chi connectivity index (χ1v) is 8.13. The van der Waals surface area contributed by atoms with Gasteiger partial charge in [0.2, 0.25) is 0 Å². The summed E-state index contributed by atoms with van der Waals surface area (Å²) in [6.07, 6.45) is 0. The van der Waals surface area contributed by atoms with Crippen LogP contribution in [0.1, 0.15) is 17.4 Å². The Balaban J connectivity index is 1.80. The van der Waals surface area contributed by atoms with Gasteiger partial charge in [0, 0.05) is 41.6 Å². The maximum atomic E-state index is 12.5. The van der Waals surface area contributed by atoms with E-state index in [2.05, 4.69) is 17.2 Å². The normalized spacial score (nSPS) is 18.8. The molecule has 1 atom stereocenters. The lowest BCUT2D eigenvalue weighted by molar-refractivity contribution is 0.0704. The van der Waals surface area contributed by atoms with Gasteiger partial charge >= 0.3 is 0 Å². The summed E-state index contributed by atoms with van der Waals surface area (Å²) in [5, 5.41) is 6.65. The van der Waals surface area contributed by atoms with Crippen molar-refractivity contribution in [1.29, 1.82) is 0 Å². The molecule has 4 nitrogen and oxygen atoms in total. The fraction of sp³-hybridized carbons (Fsp3) is 0.333. The summed E-state index contributed by atoms with van der Waals surface area (Å²) in [6, 6.07) is 7.85. The summed E-state index contributed by atoms with van der Waals surface area (Å²) in [7, 11) is 0. The van der Waals surface area contributed by atoms with Gasteiger partial charge in [-0.3, -0.25) is 4.79 Å². The Bertz CT molecular complexity index is 658. The third-order valence-corrected chi connectivity index (χ3v) is 4.58. The van der Waals surface area contributed by atoms with Crippen molar-refractivity contribution in [3.05, 3.63) is 40.4 Å². The van der Waals surface area contributed by atoms with Gasteiger partial charge in [-0.25, -0.2) is 4.98 Å². The average molecular weight is 322 g/mol. The van der Waals surface area contributed by atoms with E-state index in [9.17, 15) is 4.79 Å². The number of nitrogens with one attached hydrogen (secondary N) is 1. The van der Waals surface area contributed by atoms with E-state index in [0.29, 0.717) is 16.8 Å². The van der Waals surface area contributed by atoms with Gasteiger partial charge < -0.3 is 10.2 Å². The van der Waals surface area contributed by atoms with E-state index in [1.54, 1.807) is 0 Å². The quantitative estimate of drug-likeness (QED) is 0.925. The third kappa shape index (κ3) is 3.26. The first-order chi connectivity index (χ1) is 10.1. The van der Waals surface area contributed by atoms with Crippen LogP contribution in [0.5, 0.6) is 0 Å². The molecular weight excluding hydrogens is 306 g/mol. The Hall–Kier alpha value is -1.43. The molecule has 0 saturated carbocycles. The number of thiazole rings is 1. The first-order valence-electron chi connectivity index (χ1n) is 6.87. The van der Waals surface area contributed by atoms with Crippen LogP contribution >= 0.6 is 22.9 Å². The Morgan fingerprint density at radius 1 is 1.52 bits per heavy atom. The molecule has 1 saturated heterocycles. The van der Waals surface area contributed by atoms with Crippen LogP contribution in [0.15, 0.2) is 29.6 Å². The molecule has 2 heterocycles. The van der Waals surface area contributed by atoms with E-state index >= 15 is 0 Å². The molecule has 1 aliphatic heterocycles. The summed E-state index contributed by atoms with van der Waals surface area (Å²) in [4.78, 5) is 18.8. The van der Waals surface area contributed by atoms with Crippen molar-refractivity contribution < 1.29 is 4.79 Å². The highest BCUT2D eigenvalue weighted by molar-refractivity contribution is 7.13. The predicted octanol–water partition coefficient (Wildman–Crippen LogP) is 2.90. The number of hydrogen-bond acceptors (Lipinski definition) is 4. The van der Waals surface area contributed by atoms with Gasteiger partial charge in [0.1, 0.15) is 10.7 Å². The molecule has 1 amide bonds. The molecule has 0 radical (unpaired) electrons. The minimum Gasteiger partial charge on any atom is -0.334 e. The molecule has 21 heavy (non-hydrogen) atoms. The van der Waals surface area contributed by atoms with Gasteiger partial charge in [-0.15, -0.1) is 11.3 Å². The molecule has 110 valence electrons. The lowest BCUT2D eigenvalue weighted by Gasteiger charge is -2.31. The fourth-order valence-corrected chi connectivity index (χ4v) is 3.39. The molecule has 1 aromatic carbocycles. The lowest BCUT2D eigenvalue weighted by Crippen LogP contribution is -2.51. The van der Waals surface area contributed by atoms with Crippen molar-refractivity contribution in [2.75, 3.05) is 19.6 Å². The number of rotatable bonds is 2. The summed E-state index contributed by atoms with van der Waals surface area (Å²) in [6.45, 7) is 4.37. The molecule has 1 aliphatic rings. The second-order valence-electron chi connectivity index (χ2n) is 5.15. The van der Waals surface area contributed by atoms with E-state index in [4.69, 9.17) is 11.6 Å². The summed E-state index contributed by atoms with van der Waals surface area (Å²) < 4.78 is 0. The largest absolute Gasteiger partial charge is 0.334 e. The second-order valence-corrected chi connectivity index (χ2v) is 6.45. The van der Waals surface area contributed by atoms with Crippen molar-refractivity contribution >= 4 is 28.8 Å². The van der Waals surface area contributed by atoms with Gasteiger partial charge in [-0.05, 0) is 19.1 Å². The lowest BCUT2D eigenvalue weighted by atomic mass is 10.2. The highest BCUT2D eigenvalue weighted by Crippen LogP contribution is 2.26. The molecule has 0 aliphatic carbocycles. The summed E-state index contributed by atoms with van der Waals surface area (Å²) >= 11 is 7.47. The number of aromatic nitrogens is 1. The van der Waals surface area contributed by atoms with Gasteiger partial charge in [0.05, 0.1) is 0 Å². The number of piperazine rings is 1. The van der Waals surface area contributed by atoms with Gasteiger partial charge in [-0.2, -0.15) is 0 Å². The van der Waals surface area contributed by atoms with Gasteiger partial charge in [-0.1, -0.05) is 23.7 Å². The third-order valence-electron chi connectivity index (χ3n) is 3.45. The fourth-order valence-electron chi connectivity index (χ4n) is 2.40. The van der Waals surface area contributed by atoms with Crippen molar-refractivity contribution in [1.82, 2.24) is 15.2 Å². The van der Waals surface area contributed by atoms with Gasteiger partial charge in [0.15, 0.2) is 0 Å². The summed E-state index contributed by atoms with van der Waals surface area (Å²) in [5.74, 6) is 0.00729. The van der Waals surface area contributed by atoms with Crippen LogP contribution in [0, 0.1) is 0 Å². The number of amides is 1. The van der Waals surface area contributed by atoms with Crippen LogP contribution in [-0.4, -0.2) is 41.5 Å². The molecule has 1 aromatic heterocycles. The zero-order chi connectivity index (χ0) is 14.8. The highest BCUT2D eigenvalue weighted by Gasteiger charge is 2.23. The van der Waals surface area contributed by atoms with E-state index in [1.165, 1.54) is 11.3 Å². The molecular formula is C15H16ClN3OS. The predicted molar refractivity (Wildman–Crippen MR) is 85.9 cm³/mol. The molecule has 1 unspecified atom stereocenters. The first kappa shape index (κ1) is 14.5. The molecule has 1 fully saturated rings. The topological polar surface area (TPSA) is 45.2 Å². The molecule has 2 aromatic rings. The number of carbonyl (C=O) groups is 1. The minimum atomic E-state index is 0.00729. The van der Waals surface area contributed by atoms with E-state index in [0.717, 1.165) is 30.2 Å². The van der Waals surface area contributed by atoms with Crippen molar-refractivity contribution in [3.8, 4) is 10.6 Å². The van der Waals surface area contributed by atoms with Crippen LogP contribution in [0.25, 0.3) is 10.6 Å². The molecule has 3 rings (SSSR count). The Labute approximate surface area is 132 Å². The maximum Gasteiger partial charge on any atom is 0.273 e. The SMILES string of the molecule is CC1CN(C(=O)c2csc(-c3cccc(Cl)c3)n2)CCN1. The Kier molecular flexibility index (Phi) is 4.24. The highest BCUT2D eigenvalue weighted by atomic mass is 35.5. The van der Waals surface area contributed by atoms with Gasteiger partial charge in [0.25, 0.3) is 5.91 Å². The molecule has 0 spiro atoms. The average Bonchev–Trinajstić information content (AvgIpc) is 2.96. The number of benzene rings is 1. The molecule has 1 N–H and O–H groups in total. The smallest absolute Gasteiger partial charge is 0.273 e. The van der Waals surface area contributed by atoms with E-state index < -0.39 is 0 Å². The second kappa shape index (κ2) is 6.13. The van der Waals surface area contributed by atoms with Crippen molar-refractivity contribution in [2.45, 2.75) is 13.0 Å². The number of hydrogen-bond donors (Lipinski definition) is 1. The summed E-state index contributed by atoms with van der Waals surface area (Å²) in [5.41, 5.74) is 1.46. The zero-order valence-corrected chi connectivity index (χ0v) is 13.2. The standard InChI is InChI=1S/C15H16ClN3OS/c1-10-8-19(6-5-17-10)15(20)13-9-21-14(18-13)11-3-2-4-12(16)7-11/h2-4,7,9-10,17H,5-6,8H2,1H3. The molecule has 0 bridgehead atoms. The number of nitrogens with zero attached hydrogens (tertiary/aromatic N) is 2. The Morgan fingerprint density at radius 3 is 3.14 bits per heavy atom. The number of carbonyl (C=O) groups excluding carboxylic acids is 1. The van der Waals surface area contributed by atoms with E-state index in [-0.39, 0.29) is 5.91 Å². The molecule has 6 heteroatoms. The van der Waals surface area contributed by atoms with Crippen LogP contribution in [0.2, 0.25) is 5.02 Å². The van der Waals surface area contributed by atoms with Crippen LogP contribution in [0.4, 0.5) is 0 Å². The monoisotopic (exact) mass is 321 g/mol. The van der Waals surface area contributed by atoms with Crippen LogP contribution in [-0.2, 0) is 0 Å². The van der Waals surface area contributed by atoms with E-state index in [1.807, 2.05) is 34.5 Å². The Morgan fingerprint density at radius 2 is 2.38 bits per heavy atom. The maximum absolute atomic E-state index is 12.5. The zero-order valence-electron chi connectivity index (χ0n) is 11.7. The van der Waals surface area contributed by atoms with Crippen LogP contribution < -0.4 is 5.32 Å². The van der Waals surface area contributed by atoms with Crippen LogP contribution in [0.3, 0.4) is 0 Å². The van der Waals surface area contributed by atoms with Crippen molar-refractivity contribution in [2.24, 2.45) is 0 Å². The van der Waals surface area contributed by atoms with Crippen molar-refractivity contribution in [3.63, 3.8) is 0 Å².